The molecule has 0 atom stereocenters. The molecule has 1 fully saturated rings. The number of nitrogens with one attached hydrogen (secondary N) is 1. The molecule has 2 amide bonds. The summed E-state index contributed by atoms with van der Waals surface area (Å²) in [5.74, 6) is 0.442. The second-order valence-corrected chi connectivity index (χ2v) is 7.01. The van der Waals surface area contributed by atoms with E-state index in [1.54, 1.807) is 23.2 Å². The molecule has 0 spiro atoms. The van der Waals surface area contributed by atoms with Crippen LogP contribution in [0.25, 0.3) is 11.1 Å². The standard InChI is InChI=1S/C23H22FN3O2/c24-19-6-2-7-20(15-19)26-23(28)27-12-9-21(10-13-27)29-22-8-1-4-17(14-22)18-5-3-11-25-16-18/h1-8,11,14-16,21H,9-10,12-13H2,(H,26,28). The number of pyridine rings is 1. The van der Waals surface area contributed by atoms with Gasteiger partial charge in [-0.1, -0.05) is 24.3 Å². The molecule has 0 unspecified atom stereocenters. The van der Waals surface area contributed by atoms with Crippen LogP contribution in [0.1, 0.15) is 12.8 Å². The summed E-state index contributed by atoms with van der Waals surface area (Å²) in [6, 6.07) is 17.6. The molecule has 0 radical (unpaired) electrons. The number of likely N-dealkylation sites (tertiary alicyclic amines) is 1. The molecule has 148 valence electrons. The van der Waals surface area contributed by atoms with E-state index >= 15 is 0 Å². The average molecular weight is 391 g/mol. The molecule has 0 aliphatic carbocycles. The molecule has 1 aliphatic heterocycles. The minimum absolute atomic E-state index is 0.0531. The fourth-order valence-corrected chi connectivity index (χ4v) is 3.42. The number of hydrogen-bond acceptors (Lipinski definition) is 3. The smallest absolute Gasteiger partial charge is 0.321 e. The summed E-state index contributed by atoms with van der Waals surface area (Å²) < 4.78 is 19.4. The third-order valence-electron chi connectivity index (χ3n) is 4.94. The first-order valence-corrected chi connectivity index (χ1v) is 9.66. The van der Waals surface area contributed by atoms with Crippen LogP contribution in [0.3, 0.4) is 0 Å². The van der Waals surface area contributed by atoms with Crippen LogP contribution < -0.4 is 10.1 Å². The topological polar surface area (TPSA) is 54.5 Å². The van der Waals surface area contributed by atoms with Crippen molar-refractivity contribution in [2.45, 2.75) is 18.9 Å². The Morgan fingerprint density at radius 2 is 1.83 bits per heavy atom. The van der Waals surface area contributed by atoms with Crippen molar-refractivity contribution in [2.75, 3.05) is 18.4 Å². The van der Waals surface area contributed by atoms with Gasteiger partial charge in [-0.2, -0.15) is 0 Å². The van der Waals surface area contributed by atoms with Gasteiger partial charge in [0.05, 0.1) is 0 Å². The first-order chi connectivity index (χ1) is 14.2. The molecule has 1 aliphatic rings. The summed E-state index contributed by atoms with van der Waals surface area (Å²) in [6.07, 6.45) is 5.12. The van der Waals surface area contributed by atoms with Gasteiger partial charge in [0, 0.05) is 49.6 Å². The molecule has 29 heavy (non-hydrogen) atoms. The number of hydrogen-bond donors (Lipinski definition) is 1. The van der Waals surface area contributed by atoms with Crippen molar-refractivity contribution < 1.29 is 13.9 Å². The molecular weight excluding hydrogens is 369 g/mol. The maximum atomic E-state index is 13.3. The van der Waals surface area contributed by atoms with Crippen LogP contribution in [0.5, 0.6) is 5.75 Å². The van der Waals surface area contributed by atoms with E-state index in [0.29, 0.717) is 18.8 Å². The highest BCUT2D eigenvalue weighted by Gasteiger charge is 2.24. The monoisotopic (exact) mass is 391 g/mol. The quantitative estimate of drug-likeness (QED) is 0.684. The highest BCUT2D eigenvalue weighted by Crippen LogP contribution is 2.25. The second-order valence-electron chi connectivity index (χ2n) is 7.01. The minimum Gasteiger partial charge on any atom is -0.490 e. The van der Waals surface area contributed by atoms with Crippen molar-refractivity contribution in [2.24, 2.45) is 0 Å². The molecule has 5 nitrogen and oxygen atoms in total. The summed E-state index contributed by atoms with van der Waals surface area (Å²) in [6.45, 7) is 1.18. The molecular formula is C23H22FN3O2. The van der Waals surface area contributed by atoms with Crippen LogP contribution in [0, 0.1) is 5.82 Å². The van der Waals surface area contributed by atoms with E-state index in [1.807, 2.05) is 42.6 Å². The van der Waals surface area contributed by atoms with E-state index in [4.69, 9.17) is 4.74 Å². The number of aromatic nitrogens is 1. The van der Waals surface area contributed by atoms with Gasteiger partial charge in [-0.3, -0.25) is 4.98 Å². The number of carbonyl (C=O) groups is 1. The lowest BCUT2D eigenvalue weighted by molar-refractivity contribution is 0.115. The van der Waals surface area contributed by atoms with E-state index < -0.39 is 0 Å². The van der Waals surface area contributed by atoms with Gasteiger partial charge in [-0.15, -0.1) is 0 Å². The third-order valence-corrected chi connectivity index (χ3v) is 4.94. The Morgan fingerprint density at radius 1 is 1.03 bits per heavy atom. The van der Waals surface area contributed by atoms with Gasteiger partial charge in [0.15, 0.2) is 0 Å². The number of amides is 2. The van der Waals surface area contributed by atoms with Crippen LogP contribution in [0.2, 0.25) is 0 Å². The van der Waals surface area contributed by atoms with E-state index in [1.165, 1.54) is 12.1 Å². The summed E-state index contributed by atoms with van der Waals surface area (Å²) in [5, 5.41) is 2.74. The first kappa shape index (κ1) is 18.9. The van der Waals surface area contributed by atoms with E-state index in [0.717, 1.165) is 29.7 Å². The molecule has 3 aromatic rings. The van der Waals surface area contributed by atoms with E-state index in [9.17, 15) is 9.18 Å². The maximum Gasteiger partial charge on any atom is 0.321 e. The SMILES string of the molecule is O=C(Nc1cccc(F)c1)N1CCC(Oc2cccc(-c3cccnc3)c2)CC1. The highest BCUT2D eigenvalue weighted by atomic mass is 19.1. The number of urea groups is 1. The Bertz CT molecular complexity index is 973. The number of carbonyl (C=O) groups excluding carboxylic acids is 1. The largest absolute Gasteiger partial charge is 0.490 e. The van der Waals surface area contributed by atoms with Crippen molar-refractivity contribution in [1.82, 2.24) is 9.88 Å². The predicted molar refractivity (Wildman–Crippen MR) is 110 cm³/mol. The maximum absolute atomic E-state index is 13.3. The first-order valence-electron chi connectivity index (χ1n) is 9.66. The van der Waals surface area contributed by atoms with Crippen LogP contribution >= 0.6 is 0 Å². The zero-order valence-corrected chi connectivity index (χ0v) is 15.9. The molecule has 2 aromatic carbocycles. The number of halogens is 1. The van der Waals surface area contributed by atoms with Crippen molar-refractivity contribution in [1.29, 1.82) is 0 Å². The van der Waals surface area contributed by atoms with Crippen LogP contribution in [0.4, 0.5) is 14.9 Å². The molecule has 1 aromatic heterocycles. The third kappa shape index (κ3) is 4.90. The Balaban J connectivity index is 1.31. The van der Waals surface area contributed by atoms with E-state index in [-0.39, 0.29) is 18.0 Å². The van der Waals surface area contributed by atoms with Crippen LogP contribution in [-0.4, -0.2) is 35.1 Å². The summed E-state index contributed by atoms with van der Waals surface area (Å²) >= 11 is 0. The zero-order chi connectivity index (χ0) is 20.1. The lowest BCUT2D eigenvalue weighted by atomic mass is 10.1. The van der Waals surface area contributed by atoms with Gasteiger partial charge in [0.2, 0.25) is 0 Å². The summed E-state index contributed by atoms with van der Waals surface area (Å²) in [5.41, 5.74) is 2.56. The molecule has 1 saturated heterocycles. The van der Waals surface area contributed by atoms with Crippen molar-refractivity contribution in [3.8, 4) is 16.9 Å². The number of rotatable bonds is 4. The Morgan fingerprint density at radius 3 is 2.59 bits per heavy atom. The van der Waals surface area contributed by atoms with Crippen molar-refractivity contribution in [3.63, 3.8) is 0 Å². The molecule has 6 heteroatoms. The number of piperidine rings is 1. The van der Waals surface area contributed by atoms with Crippen molar-refractivity contribution >= 4 is 11.7 Å². The van der Waals surface area contributed by atoms with Gasteiger partial charge in [0.1, 0.15) is 17.7 Å². The minimum atomic E-state index is -0.372. The average Bonchev–Trinajstić information content (AvgIpc) is 2.75. The summed E-state index contributed by atoms with van der Waals surface area (Å²) in [7, 11) is 0. The molecule has 0 bridgehead atoms. The van der Waals surface area contributed by atoms with Crippen molar-refractivity contribution in [3.05, 3.63) is 78.9 Å². The van der Waals surface area contributed by atoms with Gasteiger partial charge in [-0.05, 0) is 42.0 Å². The molecule has 1 N–H and O–H groups in total. The van der Waals surface area contributed by atoms with Crippen LogP contribution in [0.15, 0.2) is 73.1 Å². The molecule has 0 saturated carbocycles. The highest BCUT2D eigenvalue weighted by molar-refractivity contribution is 5.89. The number of ether oxygens (including phenoxy) is 1. The zero-order valence-electron chi connectivity index (χ0n) is 15.9. The van der Waals surface area contributed by atoms with Gasteiger partial charge in [-0.25, -0.2) is 9.18 Å². The van der Waals surface area contributed by atoms with Gasteiger partial charge >= 0.3 is 6.03 Å². The van der Waals surface area contributed by atoms with Gasteiger partial charge in [0.25, 0.3) is 0 Å². The number of anilines is 1. The Labute approximate surface area is 169 Å². The summed E-state index contributed by atoms with van der Waals surface area (Å²) in [4.78, 5) is 18.3. The number of benzene rings is 2. The van der Waals surface area contributed by atoms with Gasteiger partial charge < -0.3 is 15.0 Å². The normalized spacial score (nSPS) is 14.4. The fraction of sp³-hybridized carbons (Fsp3) is 0.217. The van der Waals surface area contributed by atoms with Crippen LogP contribution in [-0.2, 0) is 0 Å². The number of nitrogens with zero attached hydrogens (tertiary/aromatic N) is 2. The lowest BCUT2D eigenvalue weighted by Crippen LogP contribution is -2.43. The fourth-order valence-electron chi connectivity index (χ4n) is 3.42. The Kier molecular flexibility index (Phi) is 5.70. The molecule has 2 heterocycles. The second kappa shape index (κ2) is 8.73. The molecule has 4 rings (SSSR count). The van der Waals surface area contributed by atoms with E-state index in [2.05, 4.69) is 10.3 Å². The Hall–Kier alpha value is -3.41. The lowest BCUT2D eigenvalue weighted by Gasteiger charge is -2.32. The predicted octanol–water partition coefficient (Wildman–Crippen LogP) is 4.96.